The molecule has 0 aliphatic carbocycles. The smallest absolute Gasteiger partial charge is 0.398 e. The average Bonchev–Trinajstić information content (AvgIpc) is 2.15. The van der Waals surface area contributed by atoms with Crippen molar-refractivity contribution < 1.29 is 22.0 Å². The number of halogens is 5. The summed E-state index contributed by atoms with van der Waals surface area (Å²) in [4.78, 5) is 0. The first kappa shape index (κ1) is 13.7. The normalized spacial score (nSPS) is 13.2. The molecular weight excluding hydrogens is 241 g/mol. The monoisotopic (exact) mass is 253 g/mol. The minimum atomic E-state index is -5.64. The standard InChI is InChI=1S/C11H12F5N/c1-6(2)7-3-4-9(17)8(5-7)10(12,13)11(14,15)16/h3-6H,17H2,1-2H3. The van der Waals surface area contributed by atoms with Crippen molar-refractivity contribution in [2.24, 2.45) is 0 Å². The van der Waals surface area contributed by atoms with Gasteiger partial charge in [-0.1, -0.05) is 19.9 Å². The summed E-state index contributed by atoms with van der Waals surface area (Å²) in [6.07, 6.45) is -5.64. The molecule has 6 heteroatoms. The van der Waals surface area contributed by atoms with Gasteiger partial charge in [0.1, 0.15) is 0 Å². The van der Waals surface area contributed by atoms with Crippen LogP contribution in [-0.4, -0.2) is 6.18 Å². The molecule has 0 unspecified atom stereocenters. The van der Waals surface area contributed by atoms with Crippen LogP contribution in [0.2, 0.25) is 0 Å². The van der Waals surface area contributed by atoms with Crippen LogP contribution in [0.4, 0.5) is 27.6 Å². The van der Waals surface area contributed by atoms with E-state index in [2.05, 4.69) is 0 Å². The third-order valence-corrected chi connectivity index (χ3v) is 2.44. The van der Waals surface area contributed by atoms with E-state index in [4.69, 9.17) is 5.73 Å². The molecule has 1 rings (SSSR count). The molecule has 0 radical (unpaired) electrons. The topological polar surface area (TPSA) is 26.0 Å². The molecule has 0 aromatic heterocycles. The number of benzene rings is 1. The quantitative estimate of drug-likeness (QED) is 0.624. The summed E-state index contributed by atoms with van der Waals surface area (Å²) in [6.45, 7) is 3.39. The Morgan fingerprint density at radius 1 is 1.06 bits per heavy atom. The number of nitrogen functional groups attached to an aromatic ring is 1. The molecule has 0 bridgehead atoms. The molecule has 0 atom stereocenters. The molecule has 1 aromatic rings. The molecule has 96 valence electrons. The fourth-order valence-corrected chi connectivity index (χ4v) is 1.36. The Morgan fingerprint density at radius 2 is 1.59 bits per heavy atom. The van der Waals surface area contributed by atoms with E-state index >= 15 is 0 Å². The van der Waals surface area contributed by atoms with Gasteiger partial charge in [0.25, 0.3) is 0 Å². The van der Waals surface area contributed by atoms with Crippen molar-refractivity contribution >= 4 is 5.69 Å². The van der Waals surface area contributed by atoms with Crippen LogP contribution in [0.5, 0.6) is 0 Å². The molecule has 0 heterocycles. The molecular formula is C11H12F5N. The lowest BCUT2D eigenvalue weighted by atomic mass is 9.96. The van der Waals surface area contributed by atoms with E-state index in [1.54, 1.807) is 13.8 Å². The first-order valence-electron chi connectivity index (χ1n) is 4.91. The van der Waals surface area contributed by atoms with E-state index in [1.807, 2.05) is 0 Å². The van der Waals surface area contributed by atoms with Gasteiger partial charge in [-0.25, -0.2) is 0 Å². The van der Waals surface area contributed by atoms with Crippen molar-refractivity contribution in [3.63, 3.8) is 0 Å². The second-order valence-electron chi connectivity index (χ2n) is 4.07. The predicted molar refractivity (Wildman–Crippen MR) is 54.9 cm³/mol. The van der Waals surface area contributed by atoms with Gasteiger partial charge in [-0.05, 0) is 23.6 Å². The Balaban J connectivity index is 3.35. The van der Waals surface area contributed by atoms with E-state index in [-0.39, 0.29) is 5.92 Å². The molecule has 17 heavy (non-hydrogen) atoms. The fraction of sp³-hybridized carbons (Fsp3) is 0.455. The maximum Gasteiger partial charge on any atom is 0.458 e. The highest BCUT2D eigenvalue weighted by Gasteiger charge is 2.59. The van der Waals surface area contributed by atoms with Gasteiger partial charge in [0.15, 0.2) is 0 Å². The molecule has 2 N–H and O–H groups in total. The van der Waals surface area contributed by atoms with Gasteiger partial charge in [-0.3, -0.25) is 0 Å². The summed E-state index contributed by atoms with van der Waals surface area (Å²) in [5, 5.41) is 0. The summed E-state index contributed by atoms with van der Waals surface area (Å²) in [7, 11) is 0. The van der Waals surface area contributed by atoms with E-state index in [9.17, 15) is 22.0 Å². The maximum absolute atomic E-state index is 13.2. The van der Waals surface area contributed by atoms with E-state index in [0.717, 1.165) is 12.1 Å². The second kappa shape index (κ2) is 4.16. The summed E-state index contributed by atoms with van der Waals surface area (Å²) >= 11 is 0. The zero-order valence-electron chi connectivity index (χ0n) is 9.28. The number of alkyl halides is 5. The number of nitrogens with two attached hydrogens (primary N) is 1. The van der Waals surface area contributed by atoms with Gasteiger partial charge in [0.05, 0.1) is 5.56 Å². The fourth-order valence-electron chi connectivity index (χ4n) is 1.36. The van der Waals surface area contributed by atoms with E-state index in [1.165, 1.54) is 6.07 Å². The minimum Gasteiger partial charge on any atom is -0.398 e. The zero-order valence-corrected chi connectivity index (χ0v) is 9.28. The lowest BCUT2D eigenvalue weighted by molar-refractivity contribution is -0.289. The predicted octanol–water partition coefficient (Wildman–Crippen LogP) is 4.05. The van der Waals surface area contributed by atoms with Gasteiger partial charge >= 0.3 is 12.1 Å². The first-order chi connectivity index (χ1) is 7.57. The van der Waals surface area contributed by atoms with Gasteiger partial charge in [-0.15, -0.1) is 0 Å². The lowest BCUT2D eigenvalue weighted by Gasteiger charge is -2.22. The Bertz CT molecular complexity index is 409. The average molecular weight is 253 g/mol. The number of hydrogen-bond acceptors (Lipinski definition) is 1. The molecule has 1 aromatic carbocycles. The Morgan fingerprint density at radius 3 is 2.00 bits per heavy atom. The third-order valence-electron chi connectivity index (χ3n) is 2.44. The van der Waals surface area contributed by atoms with Crippen LogP contribution < -0.4 is 5.73 Å². The van der Waals surface area contributed by atoms with Crippen molar-refractivity contribution in [1.82, 2.24) is 0 Å². The van der Waals surface area contributed by atoms with Crippen molar-refractivity contribution in [3.05, 3.63) is 29.3 Å². The van der Waals surface area contributed by atoms with E-state index < -0.39 is 23.3 Å². The Labute approximate surface area is 95.4 Å². The minimum absolute atomic E-state index is 0.154. The Kier molecular flexibility index (Phi) is 3.36. The van der Waals surface area contributed by atoms with Crippen molar-refractivity contribution in [3.8, 4) is 0 Å². The molecule has 0 spiro atoms. The van der Waals surface area contributed by atoms with Gasteiger partial charge in [0.2, 0.25) is 0 Å². The summed E-state index contributed by atoms with van der Waals surface area (Å²) in [5.41, 5.74) is 3.84. The van der Waals surface area contributed by atoms with Crippen LogP contribution in [0.1, 0.15) is 30.9 Å². The van der Waals surface area contributed by atoms with Gasteiger partial charge < -0.3 is 5.73 Å². The summed E-state index contributed by atoms with van der Waals surface area (Å²) in [5.74, 6) is -5.08. The SMILES string of the molecule is CC(C)c1ccc(N)c(C(F)(F)C(F)(F)F)c1. The van der Waals surface area contributed by atoms with E-state index in [0.29, 0.717) is 5.56 Å². The highest BCUT2D eigenvalue weighted by atomic mass is 19.4. The molecule has 0 aliphatic rings. The number of rotatable bonds is 2. The molecule has 0 saturated heterocycles. The third kappa shape index (κ3) is 2.50. The summed E-state index contributed by atoms with van der Waals surface area (Å²) < 4.78 is 63.0. The van der Waals surface area contributed by atoms with Gasteiger partial charge in [-0.2, -0.15) is 22.0 Å². The van der Waals surface area contributed by atoms with Gasteiger partial charge in [0, 0.05) is 5.69 Å². The largest absolute Gasteiger partial charge is 0.458 e. The highest BCUT2D eigenvalue weighted by molar-refractivity contribution is 5.52. The van der Waals surface area contributed by atoms with Crippen LogP contribution in [-0.2, 0) is 5.92 Å². The van der Waals surface area contributed by atoms with Crippen LogP contribution in [0.3, 0.4) is 0 Å². The zero-order chi connectivity index (χ0) is 13.4. The van der Waals surface area contributed by atoms with Crippen molar-refractivity contribution in [2.75, 3.05) is 5.73 Å². The van der Waals surface area contributed by atoms with Crippen LogP contribution in [0, 0.1) is 0 Å². The molecule has 0 fully saturated rings. The van der Waals surface area contributed by atoms with Crippen molar-refractivity contribution in [1.29, 1.82) is 0 Å². The molecule has 1 nitrogen and oxygen atoms in total. The molecule has 0 amide bonds. The molecule has 0 saturated carbocycles. The summed E-state index contributed by atoms with van der Waals surface area (Å²) in [6, 6.07) is 3.33. The first-order valence-corrected chi connectivity index (χ1v) is 4.91. The van der Waals surface area contributed by atoms with Crippen LogP contribution >= 0.6 is 0 Å². The van der Waals surface area contributed by atoms with Crippen LogP contribution in [0.15, 0.2) is 18.2 Å². The van der Waals surface area contributed by atoms with Crippen molar-refractivity contribution in [2.45, 2.75) is 31.9 Å². The number of anilines is 1. The second-order valence-corrected chi connectivity index (χ2v) is 4.07. The highest BCUT2D eigenvalue weighted by Crippen LogP contribution is 2.46. The Hall–Kier alpha value is -1.33. The maximum atomic E-state index is 13.2. The number of hydrogen-bond donors (Lipinski definition) is 1. The lowest BCUT2D eigenvalue weighted by Crippen LogP contribution is -2.34. The molecule has 0 aliphatic heterocycles. The van der Waals surface area contributed by atoms with Crippen LogP contribution in [0.25, 0.3) is 0 Å².